The summed E-state index contributed by atoms with van der Waals surface area (Å²) in [7, 11) is 0. The van der Waals surface area contributed by atoms with E-state index in [4.69, 9.17) is 14.9 Å². The molecule has 0 unspecified atom stereocenters. The predicted molar refractivity (Wildman–Crippen MR) is 45.5 cm³/mol. The van der Waals surface area contributed by atoms with Gasteiger partial charge in [-0.05, 0) is 13.8 Å². The molecule has 12 heavy (non-hydrogen) atoms. The number of benzene rings is 1. The summed E-state index contributed by atoms with van der Waals surface area (Å²) < 4.78 is 5.26. The SMILES string of the molecule is CC(C)Oc1cc(O)cc(O)c1. The van der Waals surface area contributed by atoms with E-state index in [1.807, 2.05) is 13.8 Å². The van der Waals surface area contributed by atoms with Crippen LogP contribution in [0.3, 0.4) is 0 Å². The average Bonchev–Trinajstić information content (AvgIpc) is 1.81. The minimum Gasteiger partial charge on any atom is -0.508 e. The highest BCUT2D eigenvalue weighted by Crippen LogP contribution is 2.26. The molecule has 0 saturated heterocycles. The molecular formula is C9H12O3. The molecule has 0 heterocycles. The minimum atomic E-state index is 0.00523. The van der Waals surface area contributed by atoms with Gasteiger partial charge in [0.2, 0.25) is 0 Å². The van der Waals surface area contributed by atoms with E-state index in [-0.39, 0.29) is 17.6 Å². The largest absolute Gasteiger partial charge is 0.508 e. The van der Waals surface area contributed by atoms with Crippen LogP contribution in [0.1, 0.15) is 13.8 Å². The Morgan fingerprint density at radius 2 is 1.58 bits per heavy atom. The molecule has 0 atom stereocenters. The lowest BCUT2D eigenvalue weighted by Crippen LogP contribution is -2.05. The summed E-state index contributed by atoms with van der Waals surface area (Å²) in [6, 6.07) is 4.17. The normalized spacial score (nSPS) is 10.2. The number of ether oxygens (including phenoxy) is 1. The molecule has 0 bridgehead atoms. The van der Waals surface area contributed by atoms with Crippen LogP contribution in [-0.2, 0) is 0 Å². The summed E-state index contributed by atoms with van der Waals surface area (Å²) in [6.07, 6.45) is 0.0335. The molecule has 2 N–H and O–H groups in total. The maximum absolute atomic E-state index is 9.07. The van der Waals surface area contributed by atoms with Gasteiger partial charge < -0.3 is 14.9 Å². The first-order valence-corrected chi connectivity index (χ1v) is 3.77. The summed E-state index contributed by atoms with van der Waals surface area (Å²) in [5, 5.41) is 18.1. The Kier molecular flexibility index (Phi) is 2.43. The highest BCUT2D eigenvalue weighted by Gasteiger charge is 2.01. The number of aromatic hydroxyl groups is 2. The van der Waals surface area contributed by atoms with Crippen molar-refractivity contribution in [1.82, 2.24) is 0 Å². The summed E-state index contributed by atoms with van der Waals surface area (Å²) in [5.41, 5.74) is 0. The Morgan fingerprint density at radius 1 is 1.08 bits per heavy atom. The average molecular weight is 168 g/mol. The number of phenols is 2. The van der Waals surface area contributed by atoms with E-state index in [2.05, 4.69) is 0 Å². The van der Waals surface area contributed by atoms with Gasteiger partial charge in [0.15, 0.2) is 0 Å². The first-order chi connectivity index (χ1) is 5.58. The summed E-state index contributed by atoms with van der Waals surface area (Å²) in [6.45, 7) is 3.75. The maximum Gasteiger partial charge on any atom is 0.127 e. The van der Waals surface area contributed by atoms with Crippen molar-refractivity contribution in [3.63, 3.8) is 0 Å². The lowest BCUT2D eigenvalue weighted by atomic mass is 10.3. The van der Waals surface area contributed by atoms with Crippen LogP contribution >= 0.6 is 0 Å². The van der Waals surface area contributed by atoms with Crippen LogP contribution in [-0.4, -0.2) is 16.3 Å². The van der Waals surface area contributed by atoms with Crippen molar-refractivity contribution in [2.75, 3.05) is 0 Å². The Bertz CT molecular complexity index is 248. The van der Waals surface area contributed by atoms with Crippen molar-refractivity contribution in [2.45, 2.75) is 20.0 Å². The summed E-state index contributed by atoms with van der Waals surface area (Å²) in [4.78, 5) is 0. The number of hydrogen-bond donors (Lipinski definition) is 2. The molecule has 0 fully saturated rings. The van der Waals surface area contributed by atoms with Crippen molar-refractivity contribution < 1.29 is 14.9 Å². The van der Waals surface area contributed by atoms with Crippen LogP contribution in [0.15, 0.2) is 18.2 Å². The first kappa shape index (κ1) is 8.71. The van der Waals surface area contributed by atoms with Gasteiger partial charge in [-0.25, -0.2) is 0 Å². The quantitative estimate of drug-likeness (QED) is 0.708. The number of rotatable bonds is 2. The molecule has 3 nitrogen and oxygen atoms in total. The van der Waals surface area contributed by atoms with Crippen LogP contribution < -0.4 is 4.74 Å². The van der Waals surface area contributed by atoms with E-state index < -0.39 is 0 Å². The topological polar surface area (TPSA) is 49.7 Å². The van der Waals surface area contributed by atoms with Crippen LogP contribution in [0, 0.1) is 0 Å². The van der Waals surface area contributed by atoms with Gasteiger partial charge in [-0.15, -0.1) is 0 Å². The van der Waals surface area contributed by atoms with Crippen molar-refractivity contribution in [3.05, 3.63) is 18.2 Å². The van der Waals surface area contributed by atoms with Crippen LogP contribution in [0.5, 0.6) is 17.2 Å². The van der Waals surface area contributed by atoms with Crippen LogP contribution in [0.2, 0.25) is 0 Å². The third-order valence-corrected chi connectivity index (χ3v) is 1.25. The lowest BCUT2D eigenvalue weighted by molar-refractivity contribution is 0.240. The smallest absolute Gasteiger partial charge is 0.127 e. The molecule has 1 aromatic rings. The highest BCUT2D eigenvalue weighted by molar-refractivity contribution is 5.40. The molecule has 0 saturated carbocycles. The maximum atomic E-state index is 9.07. The van der Waals surface area contributed by atoms with Crippen LogP contribution in [0.4, 0.5) is 0 Å². The van der Waals surface area contributed by atoms with Gasteiger partial charge in [-0.3, -0.25) is 0 Å². The van der Waals surface area contributed by atoms with Gasteiger partial charge >= 0.3 is 0 Å². The first-order valence-electron chi connectivity index (χ1n) is 3.77. The van der Waals surface area contributed by atoms with Gasteiger partial charge in [0.1, 0.15) is 17.2 Å². The van der Waals surface area contributed by atoms with E-state index >= 15 is 0 Å². The van der Waals surface area contributed by atoms with Gasteiger partial charge in [0.25, 0.3) is 0 Å². The molecule has 0 aliphatic heterocycles. The highest BCUT2D eigenvalue weighted by atomic mass is 16.5. The lowest BCUT2D eigenvalue weighted by Gasteiger charge is -2.09. The van der Waals surface area contributed by atoms with Crippen molar-refractivity contribution in [3.8, 4) is 17.2 Å². The van der Waals surface area contributed by atoms with Crippen LogP contribution in [0.25, 0.3) is 0 Å². The molecule has 1 rings (SSSR count). The second kappa shape index (κ2) is 3.34. The van der Waals surface area contributed by atoms with Gasteiger partial charge in [-0.2, -0.15) is 0 Å². The standard InChI is InChI=1S/C9H12O3/c1-6(2)12-9-4-7(10)3-8(11)5-9/h3-6,10-11H,1-2H3. The van der Waals surface area contributed by atoms with E-state index in [9.17, 15) is 0 Å². The summed E-state index contributed by atoms with van der Waals surface area (Å²) >= 11 is 0. The molecule has 0 aromatic heterocycles. The minimum absolute atomic E-state index is 0.00523. The summed E-state index contributed by atoms with van der Waals surface area (Å²) in [5.74, 6) is 0.485. The number of phenolic OH excluding ortho intramolecular Hbond substituents is 2. The monoisotopic (exact) mass is 168 g/mol. The third kappa shape index (κ3) is 2.34. The molecule has 66 valence electrons. The van der Waals surface area contributed by atoms with E-state index in [0.717, 1.165) is 0 Å². The third-order valence-electron chi connectivity index (χ3n) is 1.25. The Hall–Kier alpha value is -1.38. The Labute approximate surface area is 71.2 Å². The second-order valence-electron chi connectivity index (χ2n) is 2.85. The van der Waals surface area contributed by atoms with E-state index in [0.29, 0.717) is 5.75 Å². The predicted octanol–water partition coefficient (Wildman–Crippen LogP) is 1.88. The van der Waals surface area contributed by atoms with Crippen molar-refractivity contribution >= 4 is 0 Å². The zero-order chi connectivity index (χ0) is 9.14. The fourth-order valence-corrected chi connectivity index (χ4v) is 0.908. The molecule has 0 spiro atoms. The molecule has 1 aromatic carbocycles. The second-order valence-corrected chi connectivity index (χ2v) is 2.85. The molecule has 0 amide bonds. The molecular weight excluding hydrogens is 156 g/mol. The van der Waals surface area contributed by atoms with Crippen molar-refractivity contribution in [1.29, 1.82) is 0 Å². The molecule has 3 heteroatoms. The number of hydrogen-bond acceptors (Lipinski definition) is 3. The fraction of sp³-hybridized carbons (Fsp3) is 0.333. The zero-order valence-electron chi connectivity index (χ0n) is 7.11. The van der Waals surface area contributed by atoms with Gasteiger partial charge in [-0.1, -0.05) is 0 Å². The Morgan fingerprint density at radius 3 is 2.00 bits per heavy atom. The molecule has 0 aliphatic rings. The zero-order valence-corrected chi connectivity index (χ0v) is 7.11. The van der Waals surface area contributed by atoms with Gasteiger partial charge in [0, 0.05) is 18.2 Å². The fourth-order valence-electron chi connectivity index (χ4n) is 0.908. The van der Waals surface area contributed by atoms with E-state index in [1.165, 1.54) is 18.2 Å². The van der Waals surface area contributed by atoms with E-state index in [1.54, 1.807) is 0 Å². The Balaban J connectivity index is 2.85. The van der Waals surface area contributed by atoms with Crippen molar-refractivity contribution in [2.24, 2.45) is 0 Å². The van der Waals surface area contributed by atoms with Gasteiger partial charge in [0.05, 0.1) is 6.10 Å². The molecule has 0 aliphatic carbocycles. The molecule has 0 radical (unpaired) electrons.